The van der Waals surface area contributed by atoms with Gasteiger partial charge in [-0.1, -0.05) is 12.1 Å². The van der Waals surface area contributed by atoms with E-state index in [0.29, 0.717) is 12.5 Å². The van der Waals surface area contributed by atoms with Crippen LogP contribution in [0.2, 0.25) is 0 Å². The topological polar surface area (TPSA) is 64.1 Å². The first-order valence-electron chi connectivity index (χ1n) is 11.3. The fourth-order valence-corrected chi connectivity index (χ4v) is 3.27. The summed E-state index contributed by atoms with van der Waals surface area (Å²) in [5.74, 6) is 2.39. The number of benzene rings is 1. The molecule has 0 aromatic heterocycles. The van der Waals surface area contributed by atoms with Crippen molar-refractivity contribution in [2.75, 3.05) is 39.5 Å². The van der Waals surface area contributed by atoms with Gasteiger partial charge in [-0.05, 0) is 71.4 Å². The highest BCUT2D eigenvalue weighted by Crippen LogP contribution is 2.25. The first-order valence-corrected chi connectivity index (χ1v) is 11.3. The molecule has 0 amide bonds. The van der Waals surface area contributed by atoms with Crippen LogP contribution in [0.25, 0.3) is 0 Å². The van der Waals surface area contributed by atoms with Crippen molar-refractivity contribution in [3.63, 3.8) is 0 Å². The molecule has 0 bridgehead atoms. The number of rotatable bonds is 10. The van der Waals surface area contributed by atoms with Crippen LogP contribution < -0.4 is 15.4 Å². The second-order valence-electron chi connectivity index (χ2n) is 8.93. The minimum absolute atomic E-state index is 0.236. The minimum atomic E-state index is -0.236. The normalized spacial score (nSPS) is 15.8. The maximum absolute atomic E-state index is 6.15. The molecule has 1 aliphatic heterocycles. The van der Waals surface area contributed by atoms with E-state index in [1.807, 2.05) is 0 Å². The number of guanidine groups is 1. The van der Waals surface area contributed by atoms with Gasteiger partial charge in [-0.25, -0.2) is 4.99 Å². The molecule has 6 heteroatoms. The third-order valence-electron chi connectivity index (χ3n) is 4.84. The van der Waals surface area contributed by atoms with Crippen molar-refractivity contribution in [1.82, 2.24) is 10.6 Å². The Balaban J connectivity index is 1.79. The first-order chi connectivity index (χ1) is 14.4. The lowest BCUT2D eigenvalue weighted by molar-refractivity contribution is 0.0203. The van der Waals surface area contributed by atoms with Crippen LogP contribution in [-0.2, 0) is 16.0 Å². The highest BCUT2D eigenvalue weighted by molar-refractivity contribution is 5.79. The van der Waals surface area contributed by atoms with Crippen LogP contribution >= 0.6 is 0 Å². The Labute approximate surface area is 182 Å². The Bertz CT molecular complexity index is 650. The third kappa shape index (κ3) is 9.81. The van der Waals surface area contributed by atoms with Crippen LogP contribution in [0.15, 0.2) is 23.2 Å². The Morgan fingerprint density at radius 2 is 1.97 bits per heavy atom. The van der Waals surface area contributed by atoms with E-state index in [9.17, 15) is 0 Å². The second-order valence-corrected chi connectivity index (χ2v) is 8.93. The van der Waals surface area contributed by atoms with Gasteiger partial charge in [-0.2, -0.15) is 0 Å². The fourth-order valence-electron chi connectivity index (χ4n) is 3.27. The van der Waals surface area contributed by atoms with E-state index in [2.05, 4.69) is 63.5 Å². The minimum Gasteiger partial charge on any atom is -0.488 e. The first kappa shape index (κ1) is 24.5. The zero-order chi connectivity index (χ0) is 21.8. The average Bonchev–Trinajstić information content (AvgIpc) is 2.69. The summed E-state index contributed by atoms with van der Waals surface area (Å²) in [6.45, 7) is 16.0. The summed E-state index contributed by atoms with van der Waals surface area (Å²) >= 11 is 0. The van der Waals surface area contributed by atoms with Crippen molar-refractivity contribution in [3.05, 3.63) is 29.3 Å². The lowest BCUT2D eigenvalue weighted by Gasteiger charge is -2.23. The lowest BCUT2D eigenvalue weighted by Crippen LogP contribution is -2.38. The highest BCUT2D eigenvalue weighted by Gasteiger charge is 2.15. The van der Waals surface area contributed by atoms with Gasteiger partial charge < -0.3 is 24.8 Å². The maximum atomic E-state index is 6.15. The number of ether oxygens (including phenoxy) is 3. The number of nitrogens with zero attached hydrogens (tertiary/aromatic N) is 1. The van der Waals surface area contributed by atoms with Crippen LogP contribution in [0.4, 0.5) is 0 Å². The molecule has 0 spiro atoms. The van der Waals surface area contributed by atoms with E-state index < -0.39 is 0 Å². The molecule has 0 saturated carbocycles. The monoisotopic (exact) mass is 419 g/mol. The molecule has 1 aromatic carbocycles. The molecule has 0 aliphatic carbocycles. The predicted octanol–water partition coefficient (Wildman–Crippen LogP) is 4.06. The van der Waals surface area contributed by atoms with E-state index in [1.165, 1.54) is 5.56 Å². The lowest BCUT2D eigenvalue weighted by atomic mass is 10.0. The third-order valence-corrected chi connectivity index (χ3v) is 4.84. The van der Waals surface area contributed by atoms with E-state index in [0.717, 1.165) is 76.1 Å². The van der Waals surface area contributed by atoms with Crippen LogP contribution in [-0.4, -0.2) is 51.1 Å². The molecule has 1 aliphatic rings. The highest BCUT2D eigenvalue weighted by atomic mass is 16.5. The van der Waals surface area contributed by atoms with Crippen LogP contribution in [0.1, 0.15) is 58.1 Å². The van der Waals surface area contributed by atoms with Crippen LogP contribution in [0.3, 0.4) is 0 Å². The fraction of sp³-hybridized carbons (Fsp3) is 0.708. The number of nitrogens with one attached hydrogen (secondary N) is 2. The van der Waals surface area contributed by atoms with E-state index >= 15 is 0 Å². The molecule has 0 radical (unpaired) electrons. The van der Waals surface area contributed by atoms with Crippen molar-refractivity contribution in [2.45, 2.75) is 66.0 Å². The number of hydrogen-bond donors (Lipinski definition) is 2. The Kier molecular flexibility index (Phi) is 10.4. The summed E-state index contributed by atoms with van der Waals surface area (Å²) in [5, 5.41) is 6.72. The van der Waals surface area contributed by atoms with Crippen LogP contribution in [0, 0.1) is 12.8 Å². The van der Waals surface area contributed by atoms with Crippen molar-refractivity contribution in [3.8, 4) is 5.75 Å². The molecule has 1 heterocycles. The number of hydrogen-bond acceptors (Lipinski definition) is 4. The Morgan fingerprint density at radius 3 is 2.67 bits per heavy atom. The summed E-state index contributed by atoms with van der Waals surface area (Å²) in [4.78, 5) is 4.76. The predicted molar refractivity (Wildman–Crippen MR) is 123 cm³/mol. The molecule has 170 valence electrons. The van der Waals surface area contributed by atoms with Crippen molar-refractivity contribution >= 4 is 5.96 Å². The summed E-state index contributed by atoms with van der Waals surface area (Å²) in [7, 11) is 0. The van der Waals surface area contributed by atoms with E-state index in [4.69, 9.17) is 19.2 Å². The number of aryl methyl sites for hydroxylation is 1. The zero-order valence-corrected chi connectivity index (χ0v) is 19.6. The summed E-state index contributed by atoms with van der Waals surface area (Å²) in [5.41, 5.74) is 2.04. The van der Waals surface area contributed by atoms with E-state index in [1.54, 1.807) is 0 Å². The molecule has 2 rings (SSSR count). The molecule has 1 fully saturated rings. The number of aliphatic imine (C=N–C) groups is 1. The smallest absolute Gasteiger partial charge is 0.191 e. The SMILES string of the molecule is CCNC(=NCc1ccc(C)cc1OC(C)(C)C)NCCCOCC1CCOCC1. The molecule has 0 atom stereocenters. The van der Waals surface area contributed by atoms with E-state index in [-0.39, 0.29) is 5.60 Å². The zero-order valence-electron chi connectivity index (χ0n) is 19.6. The van der Waals surface area contributed by atoms with Gasteiger partial charge in [-0.15, -0.1) is 0 Å². The van der Waals surface area contributed by atoms with Crippen LogP contribution in [0.5, 0.6) is 5.75 Å². The van der Waals surface area contributed by atoms with Gasteiger partial charge in [0.05, 0.1) is 6.54 Å². The molecule has 0 unspecified atom stereocenters. The van der Waals surface area contributed by atoms with Crippen molar-refractivity contribution < 1.29 is 14.2 Å². The van der Waals surface area contributed by atoms with Gasteiger partial charge in [0.1, 0.15) is 11.4 Å². The van der Waals surface area contributed by atoms with Gasteiger partial charge in [-0.3, -0.25) is 0 Å². The average molecular weight is 420 g/mol. The van der Waals surface area contributed by atoms with Crippen molar-refractivity contribution in [2.24, 2.45) is 10.9 Å². The quantitative estimate of drug-likeness (QED) is 0.340. The summed E-state index contributed by atoms with van der Waals surface area (Å²) in [6, 6.07) is 6.30. The van der Waals surface area contributed by atoms with Crippen molar-refractivity contribution in [1.29, 1.82) is 0 Å². The van der Waals surface area contributed by atoms with Gasteiger partial charge in [0.2, 0.25) is 0 Å². The molecule has 6 nitrogen and oxygen atoms in total. The molecular formula is C24H41N3O3. The second kappa shape index (κ2) is 12.8. The molecule has 30 heavy (non-hydrogen) atoms. The summed E-state index contributed by atoms with van der Waals surface area (Å²) in [6.07, 6.45) is 3.20. The van der Waals surface area contributed by atoms with Gasteiger partial charge in [0.15, 0.2) is 5.96 Å². The summed E-state index contributed by atoms with van der Waals surface area (Å²) < 4.78 is 17.4. The Morgan fingerprint density at radius 1 is 1.20 bits per heavy atom. The van der Waals surface area contributed by atoms with Gasteiger partial charge in [0, 0.05) is 45.1 Å². The molecule has 2 N–H and O–H groups in total. The molecule has 1 aromatic rings. The molecule has 1 saturated heterocycles. The maximum Gasteiger partial charge on any atom is 0.191 e. The Hall–Kier alpha value is -1.79. The largest absolute Gasteiger partial charge is 0.488 e. The molecular weight excluding hydrogens is 378 g/mol. The van der Waals surface area contributed by atoms with Gasteiger partial charge >= 0.3 is 0 Å². The van der Waals surface area contributed by atoms with Gasteiger partial charge in [0.25, 0.3) is 0 Å². The standard InChI is InChI=1S/C24H41N3O3/c1-6-25-23(26-12-7-13-29-18-20-10-14-28-15-11-20)27-17-21-9-8-19(2)16-22(21)30-24(3,4)5/h8-9,16,20H,6-7,10-15,17-18H2,1-5H3,(H2,25,26,27).